The van der Waals surface area contributed by atoms with Crippen LogP contribution in [0.3, 0.4) is 0 Å². The summed E-state index contributed by atoms with van der Waals surface area (Å²) in [6, 6.07) is 9.57. The van der Waals surface area contributed by atoms with Gasteiger partial charge in [-0.25, -0.2) is 9.97 Å². The van der Waals surface area contributed by atoms with Crippen molar-refractivity contribution >= 4 is 16.9 Å². The fourth-order valence-corrected chi connectivity index (χ4v) is 2.81. The molecule has 0 spiro atoms. The number of rotatable bonds is 1. The molecule has 4 heterocycles. The second-order valence-corrected chi connectivity index (χ2v) is 5.36. The highest BCUT2D eigenvalue weighted by Crippen LogP contribution is 2.22. The molecule has 4 rings (SSSR count). The lowest BCUT2D eigenvalue weighted by atomic mass is 10.0. The molecule has 0 aromatic carbocycles. The molecule has 0 saturated heterocycles. The van der Waals surface area contributed by atoms with E-state index < -0.39 is 0 Å². The number of carbonyl (C=O) groups is 1. The van der Waals surface area contributed by atoms with E-state index in [1.807, 2.05) is 17.0 Å². The van der Waals surface area contributed by atoms with Crippen LogP contribution in [0.15, 0.2) is 48.9 Å². The van der Waals surface area contributed by atoms with Crippen LogP contribution in [-0.4, -0.2) is 32.3 Å². The van der Waals surface area contributed by atoms with Crippen molar-refractivity contribution in [2.75, 3.05) is 6.54 Å². The van der Waals surface area contributed by atoms with Crippen molar-refractivity contribution < 1.29 is 4.79 Å². The summed E-state index contributed by atoms with van der Waals surface area (Å²) < 4.78 is 0. The van der Waals surface area contributed by atoms with Crippen molar-refractivity contribution in [2.45, 2.75) is 13.0 Å². The molecule has 108 valence electrons. The number of hydrogen-bond donors (Lipinski definition) is 0. The second-order valence-electron chi connectivity index (χ2n) is 5.36. The Balaban J connectivity index is 1.66. The summed E-state index contributed by atoms with van der Waals surface area (Å²) in [6.45, 7) is 1.26. The van der Waals surface area contributed by atoms with E-state index in [4.69, 9.17) is 0 Å². The van der Waals surface area contributed by atoms with Gasteiger partial charge in [-0.1, -0.05) is 0 Å². The molecule has 3 aromatic heterocycles. The third-order valence-electron chi connectivity index (χ3n) is 3.93. The minimum absolute atomic E-state index is 0.0185. The minimum atomic E-state index is 0.0185. The van der Waals surface area contributed by atoms with E-state index in [9.17, 15) is 4.79 Å². The predicted molar refractivity (Wildman–Crippen MR) is 82.2 cm³/mol. The van der Waals surface area contributed by atoms with E-state index in [1.54, 1.807) is 30.7 Å². The highest BCUT2D eigenvalue weighted by atomic mass is 16.2. The largest absolute Gasteiger partial charge is 0.334 e. The number of pyridine rings is 3. The smallest absolute Gasteiger partial charge is 0.255 e. The van der Waals surface area contributed by atoms with Crippen molar-refractivity contribution in [3.05, 3.63) is 65.7 Å². The fraction of sp³-hybridized carbons (Fsp3) is 0.176. The number of fused-ring (bicyclic) bond motifs is 2. The van der Waals surface area contributed by atoms with Crippen LogP contribution >= 0.6 is 0 Å². The molecule has 0 fully saturated rings. The summed E-state index contributed by atoms with van der Waals surface area (Å²) in [6.07, 6.45) is 5.79. The van der Waals surface area contributed by atoms with Crippen LogP contribution in [0.2, 0.25) is 0 Å². The van der Waals surface area contributed by atoms with E-state index in [0.717, 1.165) is 28.7 Å². The Morgan fingerprint density at radius 1 is 1.18 bits per heavy atom. The molecule has 0 bridgehead atoms. The van der Waals surface area contributed by atoms with Gasteiger partial charge in [-0.05, 0) is 35.9 Å². The molecule has 1 aliphatic rings. The Bertz CT molecular complexity index is 848. The summed E-state index contributed by atoms with van der Waals surface area (Å²) >= 11 is 0. The zero-order chi connectivity index (χ0) is 14.9. The molecule has 5 nitrogen and oxygen atoms in total. The standard InChI is InChI=1S/C17H14N4O/c22-17(13-4-1-6-18-10-13)21-8-5-15-14(11-21)9-12-3-2-7-19-16(12)20-15/h1-4,6-7,9-10H,5,8,11H2. The Hall–Kier alpha value is -2.82. The van der Waals surface area contributed by atoms with Gasteiger partial charge in [-0.15, -0.1) is 0 Å². The molecule has 0 aliphatic carbocycles. The molecule has 1 aliphatic heterocycles. The molecule has 3 aromatic rings. The second kappa shape index (κ2) is 5.18. The third-order valence-corrected chi connectivity index (χ3v) is 3.93. The minimum Gasteiger partial charge on any atom is -0.334 e. The van der Waals surface area contributed by atoms with Gasteiger partial charge in [0, 0.05) is 49.2 Å². The number of hydrogen-bond acceptors (Lipinski definition) is 4. The molecule has 22 heavy (non-hydrogen) atoms. The molecule has 0 N–H and O–H groups in total. The Morgan fingerprint density at radius 3 is 2.95 bits per heavy atom. The van der Waals surface area contributed by atoms with E-state index in [1.165, 1.54) is 0 Å². The van der Waals surface area contributed by atoms with Crippen LogP contribution in [0.1, 0.15) is 21.6 Å². The Labute approximate surface area is 127 Å². The van der Waals surface area contributed by atoms with Crippen LogP contribution in [0, 0.1) is 0 Å². The van der Waals surface area contributed by atoms with Gasteiger partial charge >= 0.3 is 0 Å². The van der Waals surface area contributed by atoms with Gasteiger partial charge in [0.25, 0.3) is 5.91 Å². The quantitative estimate of drug-likeness (QED) is 0.689. The first-order valence-corrected chi connectivity index (χ1v) is 7.24. The first kappa shape index (κ1) is 12.9. The summed E-state index contributed by atoms with van der Waals surface area (Å²) in [5, 5.41) is 1.01. The maximum absolute atomic E-state index is 12.5. The molecule has 0 atom stereocenters. The molecule has 1 amide bonds. The van der Waals surface area contributed by atoms with Gasteiger partial charge in [0.05, 0.1) is 5.56 Å². The maximum atomic E-state index is 12.5. The monoisotopic (exact) mass is 290 g/mol. The highest BCUT2D eigenvalue weighted by Gasteiger charge is 2.23. The average Bonchev–Trinajstić information content (AvgIpc) is 2.59. The van der Waals surface area contributed by atoms with Crippen LogP contribution < -0.4 is 0 Å². The van der Waals surface area contributed by atoms with Gasteiger partial charge in [0.2, 0.25) is 0 Å². The Morgan fingerprint density at radius 2 is 2.09 bits per heavy atom. The zero-order valence-corrected chi connectivity index (χ0v) is 11.9. The van der Waals surface area contributed by atoms with Crippen molar-refractivity contribution in [1.82, 2.24) is 19.9 Å². The van der Waals surface area contributed by atoms with Crippen molar-refractivity contribution in [2.24, 2.45) is 0 Å². The van der Waals surface area contributed by atoms with Gasteiger partial charge in [0.15, 0.2) is 5.65 Å². The van der Waals surface area contributed by atoms with Crippen molar-refractivity contribution in [3.8, 4) is 0 Å². The topological polar surface area (TPSA) is 59.0 Å². The van der Waals surface area contributed by atoms with Crippen LogP contribution in [0.4, 0.5) is 0 Å². The zero-order valence-electron chi connectivity index (χ0n) is 11.9. The van der Waals surface area contributed by atoms with E-state index in [2.05, 4.69) is 21.0 Å². The lowest BCUT2D eigenvalue weighted by molar-refractivity contribution is 0.0733. The normalized spacial score (nSPS) is 13.9. The molecular weight excluding hydrogens is 276 g/mol. The first-order valence-electron chi connectivity index (χ1n) is 7.24. The van der Waals surface area contributed by atoms with Gasteiger partial charge in [-0.2, -0.15) is 0 Å². The third kappa shape index (κ3) is 2.20. The summed E-state index contributed by atoms with van der Waals surface area (Å²) in [4.78, 5) is 27.3. The van der Waals surface area contributed by atoms with E-state index in [-0.39, 0.29) is 5.91 Å². The highest BCUT2D eigenvalue weighted by molar-refractivity contribution is 5.94. The molecule has 0 unspecified atom stereocenters. The molecule has 5 heteroatoms. The SMILES string of the molecule is O=C(c1cccnc1)N1CCc2nc3ncccc3cc2C1. The van der Waals surface area contributed by atoms with Crippen LogP contribution in [0.25, 0.3) is 11.0 Å². The van der Waals surface area contributed by atoms with Crippen LogP contribution in [0.5, 0.6) is 0 Å². The predicted octanol–water partition coefficient (Wildman–Crippen LogP) is 2.22. The van der Waals surface area contributed by atoms with E-state index in [0.29, 0.717) is 18.7 Å². The van der Waals surface area contributed by atoms with Gasteiger partial charge < -0.3 is 4.90 Å². The summed E-state index contributed by atoms with van der Waals surface area (Å²) in [5.41, 5.74) is 3.54. The number of aromatic nitrogens is 3. The number of carbonyl (C=O) groups excluding carboxylic acids is 1. The van der Waals surface area contributed by atoms with Gasteiger partial charge in [0.1, 0.15) is 0 Å². The lowest BCUT2D eigenvalue weighted by Gasteiger charge is -2.28. The molecule has 0 saturated carbocycles. The molecular formula is C17H14N4O. The number of amides is 1. The number of nitrogens with zero attached hydrogens (tertiary/aromatic N) is 4. The van der Waals surface area contributed by atoms with Crippen molar-refractivity contribution in [3.63, 3.8) is 0 Å². The molecule has 0 radical (unpaired) electrons. The Kier molecular flexibility index (Phi) is 3.04. The summed E-state index contributed by atoms with van der Waals surface area (Å²) in [5.74, 6) is 0.0185. The first-order chi connectivity index (χ1) is 10.8. The van der Waals surface area contributed by atoms with E-state index >= 15 is 0 Å². The van der Waals surface area contributed by atoms with Gasteiger partial charge in [-0.3, -0.25) is 9.78 Å². The van der Waals surface area contributed by atoms with Crippen molar-refractivity contribution in [1.29, 1.82) is 0 Å². The maximum Gasteiger partial charge on any atom is 0.255 e. The summed E-state index contributed by atoms with van der Waals surface area (Å²) in [7, 11) is 0. The lowest BCUT2D eigenvalue weighted by Crippen LogP contribution is -2.36. The average molecular weight is 290 g/mol. The van der Waals surface area contributed by atoms with Crippen LogP contribution in [-0.2, 0) is 13.0 Å². The fourth-order valence-electron chi connectivity index (χ4n) is 2.81.